The second kappa shape index (κ2) is 6.43. The Labute approximate surface area is 123 Å². The zero-order valence-corrected chi connectivity index (χ0v) is 12.5. The molecule has 1 aliphatic rings. The first-order valence-electron chi connectivity index (χ1n) is 6.86. The van der Waals surface area contributed by atoms with Crippen molar-refractivity contribution >= 4 is 17.6 Å². The van der Waals surface area contributed by atoms with Crippen LogP contribution in [0.15, 0.2) is 29.5 Å². The second-order valence-electron chi connectivity index (χ2n) is 4.96. The number of anilines is 1. The predicted molar refractivity (Wildman–Crippen MR) is 79.0 cm³/mol. The zero-order valence-electron chi connectivity index (χ0n) is 12.5. The quantitative estimate of drug-likeness (QED) is 0.869. The third-order valence-electron chi connectivity index (χ3n) is 3.50. The fraction of sp³-hybridized carbons (Fsp3) is 0.375. The highest BCUT2D eigenvalue weighted by Gasteiger charge is 2.19. The summed E-state index contributed by atoms with van der Waals surface area (Å²) in [6.07, 6.45) is 1.54. The van der Waals surface area contributed by atoms with Crippen LogP contribution in [0.4, 0.5) is 5.69 Å². The van der Waals surface area contributed by atoms with Gasteiger partial charge in [0.05, 0.1) is 24.9 Å². The van der Waals surface area contributed by atoms with Gasteiger partial charge in [0.15, 0.2) is 0 Å². The van der Waals surface area contributed by atoms with Crippen LogP contribution in [0.1, 0.15) is 35.7 Å². The van der Waals surface area contributed by atoms with E-state index in [4.69, 9.17) is 4.74 Å². The van der Waals surface area contributed by atoms with Gasteiger partial charge in [-0.15, -0.1) is 0 Å². The van der Waals surface area contributed by atoms with Gasteiger partial charge < -0.3 is 14.8 Å². The maximum Gasteiger partial charge on any atom is 0.337 e. The van der Waals surface area contributed by atoms with Gasteiger partial charge >= 0.3 is 5.97 Å². The summed E-state index contributed by atoms with van der Waals surface area (Å²) in [7, 11) is 1.33. The molecule has 1 N–H and O–H groups in total. The second-order valence-corrected chi connectivity index (χ2v) is 4.96. The summed E-state index contributed by atoms with van der Waals surface area (Å²) in [4.78, 5) is 23.9. The molecule has 0 bridgehead atoms. The molecule has 1 aromatic carbocycles. The number of methoxy groups -OCH3 is 1. The molecule has 112 valence electrons. The molecule has 0 radical (unpaired) electrons. The smallest absolute Gasteiger partial charge is 0.337 e. The molecule has 1 amide bonds. The van der Waals surface area contributed by atoms with Gasteiger partial charge in [-0.3, -0.25) is 4.79 Å². The van der Waals surface area contributed by atoms with Crippen LogP contribution in [-0.4, -0.2) is 25.6 Å². The van der Waals surface area contributed by atoms with Crippen LogP contribution >= 0.6 is 0 Å². The molecule has 1 heterocycles. The molecular formula is C16H19NO4. The van der Waals surface area contributed by atoms with Crippen molar-refractivity contribution in [1.29, 1.82) is 0 Å². The lowest BCUT2D eigenvalue weighted by molar-refractivity contribution is -0.113. The summed E-state index contributed by atoms with van der Waals surface area (Å²) in [5.41, 5.74) is 2.55. The summed E-state index contributed by atoms with van der Waals surface area (Å²) in [5, 5.41) is 2.85. The minimum atomic E-state index is -0.429. The number of hydrogen-bond acceptors (Lipinski definition) is 4. The first-order valence-corrected chi connectivity index (χ1v) is 6.86. The number of carbonyl (C=O) groups excluding carboxylic acids is 2. The van der Waals surface area contributed by atoms with E-state index in [1.165, 1.54) is 7.11 Å². The van der Waals surface area contributed by atoms with Crippen LogP contribution in [0.2, 0.25) is 0 Å². The highest BCUT2D eigenvalue weighted by molar-refractivity contribution is 6.05. The average Bonchev–Trinajstić information content (AvgIpc) is 2.49. The van der Waals surface area contributed by atoms with Crippen molar-refractivity contribution in [2.75, 3.05) is 19.0 Å². The normalized spacial score (nSPS) is 14.4. The van der Waals surface area contributed by atoms with E-state index < -0.39 is 5.97 Å². The average molecular weight is 289 g/mol. The third kappa shape index (κ3) is 3.42. The van der Waals surface area contributed by atoms with E-state index in [1.54, 1.807) is 25.1 Å². The van der Waals surface area contributed by atoms with E-state index in [-0.39, 0.29) is 5.91 Å². The number of rotatable bonds is 3. The number of amides is 1. The lowest BCUT2D eigenvalue weighted by Crippen LogP contribution is -2.20. The van der Waals surface area contributed by atoms with Crippen molar-refractivity contribution in [3.05, 3.63) is 40.7 Å². The Morgan fingerprint density at radius 3 is 2.71 bits per heavy atom. The van der Waals surface area contributed by atoms with E-state index in [9.17, 15) is 9.59 Å². The lowest BCUT2D eigenvalue weighted by Gasteiger charge is -2.19. The highest BCUT2D eigenvalue weighted by Crippen LogP contribution is 2.23. The highest BCUT2D eigenvalue weighted by atomic mass is 16.5. The van der Waals surface area contributed by atoms with Gasteiger partial charge in [-0.25, -0.2) is 4.79 Å². The summed E-state index contributed by atoms with van der Waals surface area (Å²) in [6, 6.07) is 5.07. The SMILES string of the molecule is COC(=O)c1ccc(C)c(NC(=O)C2=C(C)OCCC2)c1. The Kier molecular flexibility index (Phi) is 4.62. The molecule has 21 heavy (non-hydrogen) atoms. The topological polar surface area (TPSA) is 64.6 Å². The molecule has 2 rings (SSSR count). The van der Waals surface area contributed by atoms with Crippen LogP contribution in [-0.2, 0) is 14.3 Å². The number of benzene rings is 1. The molecule has 0 saturated carbocycles. The molecule has 0 aliphatic carbocycles. The first kappa shape index (κ1) is 15.1. The number of hydrogen-bond donors (Lipinski definition) is 1. The summed E-state index contributed by atoms with van der Waals surface area (Å²) in [6.45, 7) is 4.32. The molecule has 0 saturated heterocycles. The fourth-order valence-electron chi connectivity index (χ4n) is 2.21. The van der Waals surface area contributed by atoms with Gasteiger partial charge in [0.25, 0.3) is 5.91 Å². The van der Waals surface area contributed by atoms with E-state index >= 15 is 0 Å². The Morgan fingerprint density at radius 1 is 1.29 bits per heavy atom. The van der Waals surface area contributed by atoms with Gasteiger partial charge in [-0.05, 0) is 44.4 Å². The van der Waals surface area contributed by atoms with Crippen molar-refractivity contribution in [3.63, 3.8) is 0 Å². The molecule has 1 aliphatic heterocycles. The number of nitrogens with one attached hydrogen (secondary N) is 1. The standard InChI is InChI=1S/C16H19NO4/c1-10-6-7-12(16(19)20-3)9-14(10)17-15(18)13-5-4-8-21-11(13)2/h6-7,9H,4-5,8H2,1-3H3,(H,17,18). The summed E-state index contributed by atoms with van der Waals surface area (Å²) in [5.74, 6) is 0.0553. The number of aryl methyl sites for hydroxylation is 1. The number of carbonyl (C=O) groups is 2. The Morgan fingerprint density at radius 2 is 2.05 bits per heavy atom. The summed E-state index contributed by atoms with van der Waals surface area (Å²) >= 11 is 0. The van der Waals surface area contributed by atoms with Crippen LogP contribution in [0, 0.1) is 6.92 Å². The van der Waals surface area contributed by atoms with E-state index in [0.29, 0.717) is 35.6 Å². The third-order valence-corrected chi connectivity index (χ3v) is 3.50. The van der Waals surface area contributed by atoms with Gasteiger partial charge in [0.1, 0.15) is 5.76 Å². The number of allylic oxidation sites excluding steroid dienone is 1. The molecule has 5 nitrogen and oxygen atoms in total. The van der Waals surface area contributed by atoms with Crippen molar-refractivity contribution in [3.8, 4) is 0 Å². The minimum Gasteiger partial charge on any atom is -0.498 e. The molecule has 5 heteroatoms. The number of esters is 1. The molecular weight excluding hydrogens is 270 g/mol. The Bertz CT molecular complexity index is 604. The predicted octanol–water partition coefficient (Wildman–Crippen LogP) is 2.80. The van der Waals surface area contributed by atoms with Crippen LogP contribution in [0.5, 0.6) is 0 Å². The van der Waals surface area contributed by atoms with Crippen molar-refractivity contribution in [2.24, 2.45) is 0 Å². The van der Waals surface area contributed by atoms with Crippen molar-refractivity contribution in [2.45, 2.75) is 26.7 Å². The van der Waals surface area contributed by atoms with Gasteiger partial charge in [-0.1, -0.05) is 6.07 Å². The van der Waals surface area contributed by atoms with E-state index in [2.05, 4.69) is 10.1 Å². The Balaban J connectivity index is 2.22. The molecule has 0 fully saturated rings. The molecule has 1 aromatic rings. The zero-order chi connectivity index (χ0) is 15.4. The minimum absolute atomic E-state index is 0.183. The molecule has 0 atom stereocenters. The van der Waals surface area contributed by atoms with E-state index in [1.807, 2.05) is 6.92 Å². The largest absolute Gasteiger partial charge is 0.498 e. The maximum absolute atomic E-state index is 12.3. The Hall–Kier alpha value is -2.30. The number of ether oxygens (including phenoxy) is 2. The molecule has 0 aromatic heterocycles. The maximum atomic E-state index is 12.3. The molecule has 0 spiro atoms. The van der Waals surface area contributed by atoms with Crippen LogP contribution < -0.4 is 5.32 Å². The van der Waals surface area contributed by atoms with Crippen molar-refractivity contribution in [1.82, 2.24) is 0 Å². The lowest BCUT2D eigenvalue weighted by atomic mass is 10.1. The van der Waals surface area contributed by atoms with Crippen molar-refractivity contribution < 1.29 is 19.1 Å². The molecule has 0 unspecified atom stereocenters. The monoisotopic (exact) mass is 289 g/mol. The van der Waals surface area contributed by atoms with Gasteiger partial charge in [0.2, 0.25) is 0 Å². The first-order chi connectivity index (χ1) is 10.0. The van der Waals surface area contributed by atoms with Gasteiger partial charge in [-0.2, -0.15) is 0 Å². The van der Waals surface area contributed by atoms with Crippen LogP contribution in [0.3, 0.4) is 0 Å². The summed E-state index contributed by atoms with van der Waals surface area (Å²) < 4.78 is 10.1. The van der Waals surface area contributed by atoms with Gasteiger partial charge in [0, 0.05) is 5.69 Å². The fourth-order valence-corrected chi connectivity index (χ4v) is 2.21. The van der Waals surface area contributed by atoms with Crippen LogP contribution in [0.25, 0.3) is 0 Å². The van der Waals surface area contributed by atoms with E-state index in [0.717, 1.165) is 12.0 Å².